The predicted octanol–water partition coefficient (Wildman–Crippen LogP) is 1.83. The van der Waals surface area contributed by atoms with Gasteiger partial charge in [0.2, 0.25) is 0 Å². The van der Waals surface area contributed by atoms with E-state index in [4.69, 9.17) is 16.3 Å². The van der Waals surface area contributed by atoms with E-state index in [2.05, 4.69) is 0 Å². The molecule has 1 aromatic rings. The fourth-order valence-electron chi connectivity index (χ4n) is 0.856. The standard InChI is InChI=1S/C8H6ClNO4/c9-7-5-6(14-4-3-11)1-2-8(7)10(12)13/h1-3,5H,4H2. The monoisotopic (exact) mass is 215 g/mol. The molecule has 0 N–H and O–H groups in total. The van der Waals surface area contributed by atoms with Crippen molar-refractivity contribution >= 4 is 23.6 Å². The summed E-state index contributed by atoms with van der Waals surface area (Å²) in [5, 5.41) is 10.4. The van der Waals surface area contributed by atoms with Gasteiger partial charge >= 0.3 is 0 Å². The van der Waals surface area contributed by atoms with Crippen molar-refractivity contribution < 1.29 is 14.5 Å². The van der Waals surface area contributed by atoms with Gasteiger partial charge in [-0.1, -0.05) is 11.6 Å². The van der Waals surface area contributed by atoms with E-state index in [1.807, 2.05) is 0 Å². The molecule has 0 saturated heterocycles. The summed E-state index contributed by atoms with van der Waals surface area (Å²) in [5.41, 5.74) is -0.190. The number of hydrogen-bond donors (Lipinski definition) is 0. The first-order valence-electron chi connectivity index (χ1n) is 3.65. The van der Waals surface area contributed by atoms with E-state index in [1.54, 1.807) is 0 Å². The minimum absolute atomic E-state index is 0.0154. The molecule has 0 fully saturated rings. The minimum Gasteiger partial charge on any atom is -0.486 e. The van der Waals surface area contributed by atoms with Crippen molar-refractivity contribution in [3.8, 4) is 5.75 Å². The van der Waals surface area contributed by atoms with Gasteiger partial charge in [0.15, 0.2) is 6.29 Å². The van der Waals surface area contributed by atoms with Gasteiger partial charge in [-0.15, -0.1) is 0 Å². The van der Waals surface area contributed by atoms with Crippen LogP contribution in [0.4, 0.5) is 5.69 Å². The van der Waals surface area contributed by atoms with E-state index in [0.29, 0.717) is 12.0 Å². The van der Waals surface area contributed by atoms with Gasteiger partial charge in [-0.2, -0.15) is 0 Å². The average molecular weight is 216 g/mol. The number of rotatable bonds is 4. The summed E-state index contributed by atoms with van der Waals surface area (Å²) >= 11 is 5.59. The van der Waals surface area contributed by atoms with E-state index in [-0.39, 0.29) is 17.3 Å². The molecular formula is C8H6ClNO4. The second-order valence-electron chi connectivity index (χ2n) is 2.35. The summed E-state index contributed by atoms with van der Waals surface area (Å²) in [6, 6.07) is 3.90. The topological polar surface area (TPSA) is 69.4 Å². The van der Waals surface area contributed by atoms with Crippen LogP contribution in [0.1, 0.15) is 0 Å². The second-order valence-corrected chi connectivity index (χ2v) is 2.76. The van der Waals surface area contributed by atoms with Crippen LogP contribution in [0.15, 0.2) is 18.2 Å². The molecule has 0 heterocycles. The third-order valence-corrected chi connectivity index (χ3v) is 1.74. The van der Waals surface area contributed by atoms with Crippen LogP contribution in [0.5, 0.6) is 5.75 Å². The zero-order valence-corrected chi connectivity index (χ0v) is 7.73. The second kappa shape index (κ2) is 4.57. The zero-order chi connectivity index (χ0) is 10.6. The number of ether oxygens (including phenoxy) is 1. The molecule has 0 bridgehead atoms. The molecule has 0 amide bonds. The van der Waals surface area contributed by atoms with E-state index in [0.717, 1.165) is 0 Å². The molecule has 0 aliphatic rings. The lowest BCUT2D eigenvalue weighted by Gasteiger charge is -2.01. The molecule has 1 rings (SSSR count). The number of benzene rings is 1. The summed E-state index contributed by atoms with van der Waals surface area (Å²) in [6.07, 6.45) is 0.579. The Morgan fingerprint density at radius 1 is 1.57 bits per heavy atom. The maximum Gasteiger partial charge on any atom is 0.288 e. The average Bonchev–Trinajstić information content (AvgIpc) is 2.14. The third kappa shape index (κ3) is 2.43. The summed E-state index contributed by atoms with van der Waals surface area (Å²) < 4.78 is 4.90. The molecule has 0 aromatic heterocycles. The van der Waals surface area contributed by atoms with Gasteiger partial charge in [-0.25, -0.2) is 0 Å². The van der Waals surface area contributed by atoms with Crippen LogP contribution >= 0.6 is 11.6 Å². The van der Waals surface area contributed by atoms with E-state index in [9.17, 15) is 14.9 Å². The van der Waals surface area contributed by atoms with Crippen molar-refractivity contribution in [2.24, 2.45) is 0 Å². The summed E-state index contributed by atoms with van der Waals surface area (Å²) in [7, 11) is 0. The zero-order valence-electron chi connectivity index (χ0n) is 6.97. The first kappa shape index (κ1) is 10.5. The van der Waals surface area contributed by atoms with Crippen LogP contribution in [0.25, 0.3) is 0 Å². The molecule has 74 valence electrons. The van der Waals surface area contributed by atoms with E-state index < -0.39 is 4.92 Å². The van der Waals surface area contributed by atoms with Gasteiger partial charge in [-0.05, 0) is 6.07 Å². The Kier molecular flexibility index (Phi) is 3.41. The number of aldehydes is 1. The van der Waals surface area contributed by atoms with Crippen molar-refractivity contribution in [1.82, 2.24) is 0 Å². The van der Waals surface area contributed by atoms with Crippen LogP contribution in [0.2, 0.25) is 5.02 Å². The van der Waals surface area contributed by atoms with Crippen LogP contribution in [0.3, 0.4) is 0 Å². The van der Waals surface area contributed by atoms with Gasteiger partial charge in [0.05, 0.1) is 4.92 Å². The number of hydrogen-bond acceptors (Lipinski definition) is 4. The lowest BCUT2D eigenvalue weighted by Crippen LogP contribution is -1.98. The number of halogens is 1. The molecule has 6 heteroatoms. The first-order chi connectivity index (χ1) is 6.65. The van der Waals surface area contributed by atoms with Crippen molar-refractivity contribution in [3.63, 3.8) is 0 Å². The molecule has 0 unspecified atom stereocenters. The van der Waals surface area contributed by atoms with Crippen molar-refractivity contribution in [1.29, 1.82) is 0 Å². The normalized spacial score (nSPS) is 9.50. The third-order valence-electron chi connectivity index (χ3n) is 1.43. The predicted molar refractivity (Wildman–Crippen MR) is 49.7 cm³/mol. The maximum absolute atomic E-state index is 10.4. The number of nitro benzene ring substituents is 1. The van der Waals surface area contributed by atoms with Gasteiger partial charge in [0.1, 0.15) is 17.4 Å². The SMILES string of the molecule is O=CCOc1ccc([N+](=O)[O-])c(Cl)c1. The highest BCUT2D eigenvalue weighted by Crippen LogP contribution is 2.28. The Bertz CT molecular complexity index is 366. The van der Waals surface area contributed by atoms with Gasteiger partial charge in [0, 0.05) is 12.1 Å². The molecule has 0 atom stereocenters. The Labute approximate surface area is 84.4 Å². The van der Waals surface area contributed by atoms with E-state index in [1.165, 1.54) is 18.2 Å². The summed E-state index contributed by atoms with van der Waals surface area (Å²) in [5.74, 6) is 0.327. The van der Waals surface area contributed by atoms with Gasteiger partial charge in [0.25, 0.3) is 5.69 Å². The van der Waals surface area contributed by atoms with Crippen molar-refractivity contribution in [2.45, 2.75) is 0 Å². The lowest BCUT2D eigenvalue weighted by atomic mass is 10.3. The molecule has 5 nitrogen and oxygen atoms in total. The van der Waals surface area contributed by atoms with Crippen molar-refractivity contribution in [2.75, 3.05) is 6.61 Å². The highest BCUT2D eigenvalue weighted by atomic mass is 35.5. The summed E-state index contributed by atoms with van der Waals surface area (Å²) in [6.45, 7) is -0.103. The maximum atomic E-state index is 10.4. The Balaban J connectivity index is 2.88. The fourth-order valence-corrected chi connectivity index (χ4v) is 1.10. The molecule has 0 aliphatic carbocycles. The molecular weight excluding hydrogens is 210 g/mol. The quantitative estimate of drug-likeness (QED) is 0.436. The molecule has 0 spiro atoms. The molecule has 0 saturated carbocycles. The molecule has 1 aromatic carbocycles. The molecule has 0 aliphatic heterocycles. The Hall–Kier alpha value is -1.62. The van der Waals surface area contributed by atoms with Crippen LogP contribution in [-0.4, -0.2) is 17.8 Å². The Morgan fingerprint density at radius 2 is 2.29 bits per heavy atom. The smallest absolute Gasteiger partial charge is 0.288 e. The number of nitrogens with zero attached hydrogens (tertiary/aromatic N) is 1. The Morgan fingerprint density at radius 3 is 2.79 bits per heavy atom. The highest BCUT2D eigenvalue weighted by Gasteiger charge is 2.12. The largest absolute Gasteiger partial charge is 0.486 e. The molecule has 0 radical (unpaired) electrons. The van der Waals surface area contributed by atoms with Gasteiger partial charge in [-0.3, -0.25) is 14.9 Å². The number of carbonyl (C=O) groups is 1. The fraction of sp³-hybridized carbons (Fsp3) is 0.125. The summed E-state index contributed by atoms with van der Waals surface area (Å²) in [4.78, 5) is 19.8. The minimum atomic E-state index is -0.591. The molecule has 14 heavy (non-hydrogen) atoms. The lowest BCUT2D eigenvalue weighted by molar-refractivity contribution is -0.384. The van der Waals surface area contributed by atoms with Crippen LogP contribution in [0, 0.1) is 10.1 Å². The van der Waals surface area contributed by atoms with Crippen LogP contribution in [-0.2, 0) is 4.79 Å². The highest BCUT2D eigenvalue weighted by molar-refractivity contribution is 6.32. The van der Waals surface area contributed by atoms with Crippen molar-refractivity contribution in [3.05, 3.63) is 33.3 Å². The van der Waals surface area contributed by atoms with Crippen LogP contribution < -0.4 is 4.74 Å². The van der Waals surface area contributed by atoms with Gasteiger partial charge < -0.3 is 4.74 Å². The first-order valence-corrected chi connectivity index (χ1v) is 4.03. The number of nitro groups is 1. The van der Waals surface area contributed by atoms with E-state index >= 15 is 0 Å². The number of carbonyl (C=O) groups excluding carboxylic acids is 1.